The molecule has 130 valence electrons. The topological polar surface area (TPSA) is 64.0 Å². The zero-order valence-corrected chi connectivity index (χ0v) is 14.0. The number of nitrogens with zero attached hydrogens (tertiary/aromatic N) is 2. The first-order valence-electron chi connectivity index (χ1n) is 8.37. The van der Waals surface area contributed by atoms with Crippen molar-refractivity contribution >= 4 is 12.0 Å². The molecule has 25 heavy (non-hydrogen) atoms. The molecule has 0 aromatic heterocycles. The molecular formula is C20H22N2O3. The highest BCUT2D eigenvalue weighted by atomic mass is 16.3. The van der Waals surface area contributed by atoms with E-state index in [1.54, 1.807) is 12.1 Å². The molecule has 0 spiro atoms. The van der Waals surface area contributed by atoms with Gasteiger partial charge >= 0.3 is 0 Å². The summed E-state index contributed by atoms with van der Waals surface area (Å²) in [5, 5.41) is 18.8. The van der Waals surface area contributed by atoms with Crippen molar-refractivity contribution in [2.24, 2.45) is 0 Å². The fourth-order valence-electron chi connectivity index (χ4n) is 2.89. The molecule has 3 rings (SSSR count). The van der Waals surface area contributed by atoms with Crippen LogP contribution in [0.2, 0.25) is 0 Å². The summed E-state index contributed by atoms with van der Waals surface area (Å²) in [5.74, 6) is -0.394. The Bertz CT molecular complexity index is 751. The van der Waals surface area contributed by atoms with Crippen molar-refractivity contribution in [1.82, 2.24) is 9.80 Å². The number of aromatic hydroxyl groups is 2. The van der Waals surface area contributed by atoms with E-state index in [1.165, 1.54) is 23.8 Å². The number of amides is 1. The van der Waals surface area contributed by atoms with Crippen LogP contribution in [0, 0.1) is 0 Å². The second-order valence-corrected chi connectivity index (χ2v) is 6.17. The minimum Gasteiger partial charge on any atom is -0.504 e. The van der Waals surface area contributed by atoms with Crippen LogP contribution in [0.15, 0.2) is 54.6 Å². The lowest BCUT2D eigenvalue weighted by atomic mass is 10.1. The number of rotatable bonds is 4. The van der Waals surface area contributed by atoms with Crippen LogP contribution in [0.5, 0.6) is 11.5 Å². The van der Waals surface area contributed by atoms with Crippen LogP contribution < -0.4 is 0 Å². The second kappa shape index (κ2) is 7.85. The zero-order valence-electron chi connectivity index (χ0n) is 14.0. The lowest BCUT2D eigenvalue weighted by Gasteiger charge is -2.34. The Balaban J connectivity index is 1.51. The van der Waals surface area contributed by atoms with Crippen LogP contribution in [-0.2, 0) is 11.3 Å². The highest BCUT2D eigenvalue weighted by molar-refractivity contribution is 5.92. The van der Waals surface area contributed by atoms with E-state index in [0.717, 1.165) is 19.6 Å². The summed E-state index contributed by atoms with van der Waals surface area (Å²) in [4.78, 5) is 16.5. The van der Waals surface area contributed by atoms with Crippen LogP contribution in [0.3, 0.4) is 0 Å². The maximum absolute atomic E-state index is 12.3. The fraction of sp³-hybridized carbons (Fsp3) is 0.250. The summed E-state index contributed by atoms with van der Waals surface area (Å²) in [5.41, 5.74) is 1.96. The Morgan fingerprint density at radius 2 is 1.68 bits per heavy atom. The molecule has 0 saturated carbocycles. The molecular weight excluding hydrogens is 316 g/mol. The first-order valence-corrected chi connectivity index (χ1v) is 8.37. The Kier molecular flexibility index (Phi) is 5.36. The van der Waals surface area contributed by atoms with Gasteiger partial charge in [-0.25, -0.2) is 0 Å². The number of piperazine rings is 1. The molecule has 1 heterocycles. The van der Waals surface area contributed by atoms with E-state index >= 15 is 0 Å². The van der Waals surface area contributed by atoms with E-state index in [0.29, 0.717) is 18.7 Å². The summed E-state index contributed by atoms with van der Waals surface area (Å²) in [6.07, 6.45) is 3.16. The van der Waals surface area contributed by atoms with E-state index in [9.17, 15) is 15.0 Å². The van der Waals surface area contributed by atoms with Gasteiger partial charge in [-0.3, -0.25) is 9.69 Å². The molecule has 2 aromatic carbocycles. The van der Waals surface area contributed by atoms with Crippen LogP contribution in [0.1, 0.15) is 11.1 Å². The van der Waals surface area contributed by atoms with Gasteiger partial charge < -0.3 is 15.1 Å². The normalized spacial score (nSPS) is 15.6. The average molecular weight is 338 g/mol. The zero-order chi connectivity index (χ0) is 17.6. The molecule has 5 nitrogen and oxygen atoms in total. The van der Waals surface area contributed by atoms with Crippen molar-refractivity contribution < 1.29 is 15.0 Å². The highest BCUT2D eigenvalue weighted by Gasteiger charge is 2.19. The summed E-state index contributed by atoms with van der Waals surface area (Å²) >= 11 is 0. The van der Waals surface area contributed by atoms with Crippen molar-refractivity contribution in [3.63, 3.8) is 0 Å². The van der Waals surface area contributed by atoms with E-state index in [2.05, 4.69) is 17.0 Å². The van der Waals surface area contributed by atoms with E-state index in [4.69, 9.17) is 0 Å². The summed E-state index contributed by atoms with van der Waals surface area (Å²) in [7, 11) is 0. The van der Waals surface area contributed by atoms with Gasteiger partial charge in [0.15, 0.2) is 11.5 Å². The molecule has 2 aromatic rings. The van der Waals surface area contributed by atoms with Gasteiger partial charge in [0.1, 0.15) is 0 Å². The van der Waals surface area contributed by atoms with Crippen molar-refractivity contribution in [3.05, 3.63) is 65.7 Å². The summed E-state index contributed by atoms with van der Waals surface area (Å²) < 4.78 is 0. The third-order valence-corrected chi connectivity index (χ3v) is 4.35. The Labute approximate surface area is 147 Å². The molecule has 0 bridgehead atoms. The molecule has 0 atom stereocenters. The van der Waals surface area contributed by atoms with Gasteiger partial charge in [0, 0.05) is 38.8 Å². The van der Waals surface area contributed by atoms with Crippen LogP contribution in [0.4, 0.5) is 0 Å². The smallest absolute Gasteiger partial charge is 0.246 e. The number of phenolic OH excluding ortho intramolecular Hbond substituents is 2. The monoisotopic (exact) mass is 338 g/mol. The van der Waals surface area contributed by atoms with Gasteiger partial charge in [-0.05, 0) is 29.3 Å². The quantitative estimate of drug-likeness (QED) is 0.664. The molecule has 1 fully saturated rings. The fourth-order valence-corrected chi connectivity index (χ4v) is 2.89. The third-order valence-electron chi connectivity index (χ3n) is 4.35. The Hall–Kier alpha value is -2.79. The molecule has 1 amide bonds. The predicted octanol–water partition coefficient (Wildman–Crippen LogP) is 2.46. The Morgan fingerprint density at radius 1 is 0.960 bits per heavy atom. The number of benzene rings is 2. The van der Waals surface area contributed by atoms with Crippen LogP contribution in [-0.4, -0.2) is 52.1 Å². The molecule has 5 heteroatoms. The lowest BCUT2D eigenvalue weighted by molar-refractivity contribution is -0.127. The predicted molar refractivity (Wildman–Crippen MR) is 97.1 cm³/mol. The van der Waals surface area contributed by atoms with Gasteiger partial charge in [-0.15, -0.1) is 0 Å². The number of carbonyl (C=O) groups is 1. The number of hydrogen-bond acceptors (Lipinski definition) is 4. The van der Waals surface area contributed by atoms with Gasteiger partial charge in [0.25, 0.3) is 0 Å². The van der Waals surface area contributed by atoms with Gasteiger partial charge in [0.2, 0.25) is 5.91 Å². The SMILES string of the molecule is O=C(/C=C/c1ccc(O)c(O)c1)N1CCN(Cc2ccccc2)CC1. The summed E-state index contributed by atoms with van der Waals surface area (Å²) in [6.45, 7) is 4.03. The minimum atomic E-state index is -0.191. The number of carbonyl (C=O) groups excluding carboxylic acids is 1. The van der Waals surface area contributed by atoms with Crippen molar-refractivity contribution in [2.75, 3.05) is 26.2 Å². The lowest BCUT2D eigenvalue weighted by Crippen LogP contribution is -2.47. The van der Waals surface area contributed by atoms with Gasteiger partial charge in [-0.2, -0.15) is 0 Å². The maximum atomic E-state index is 12.3. The maximum Gasteiger partial charge on any atom is 0.246 e. The average Bonchev–Trinajstić information content (AvgIpc) is 2.64. The Morgan fingerprint density at radius 3 is 2.36 bits per heavy atom. The second-order valence-electron chi connectivity index (χ2n) is 6.17. The minimum absolute atomic E-state index is 0.0353. The number of hydrogen-bond donors (Lipinski definition) is 2. The third kappa shape index (κ3) is 4.61. The molecule has 0 aliphatic carbocycles. The number of phenols is 2. The first kappa shape index (κ1) is 17.0. The van der Waals surface area contributed by atoms with E-state index < -0.39 is 0 Å². The van der Waals surface area contributed by atoms with Gasteiger partial charge in [0.05, 0.1) is 0 Å². The molecule has 1 saturated heterocycles. The molecule has 1 aliphatic rings. The van der Waals surface area contributed by atoms with Crippen molar-refractivity contribution in [3.8, 4) is 11.5 Å². The molecule has 2 N–H and O–H groups in total. The first-order chi connectivity index (χ1) is 12.1. The summed E-state index contributed by atoms with van der Waals surface area (Å²) in [6, 6.07) is 14.8. The van der Waals surface area contributed by atoms with Crippen LogP contribution in [0.25, 0.3) is 6.08 Å². The molecule has 0 unspecified atom stereocenters. The largest absolute Gasteiger partial charge is 0.504 e. The van der Waals surface area contributed by atoms with Crippen LogP contribution >= 0.6 is 0 Å². The molecule has 0 radical (unpaired) electrons. The van der Waals surface area contributed by atoms with Gasteiger partial charge in [-0.1, -0.05) is 36.4 Å². The standard InChI is InChI=1S/C20H22N2O3/c23-18-8-6-16(14-19(18)24)7-9-20(25)22-12-10-21(11-13-22)15-17-4-2-1-3-5-17/h1-9,14,23-24H,10-13,15H2/b9-7+. The highest BCUT2D eigenvalue weighted by Crippen LogP contribution is 2.25. The van der Waals surface area contributed by atoms with Crippen molar-refractivity contribution in [2.45, 2.75) is 6.54 Å². The van der Waals surface area contributed by atoms with Crippen molar-refractivity contribution in [1.29, 1.82) is 0 Å². The van der Waals surface area contributed by atoms with E-state index in [1.807, 2.05) is 23.1 Å². The van der Waals surface area contributed by atoms with E-state index in [-0.39, 0.29) is 17.4 Å². The molecule has 1 aliphatic heterocycles.